The van der Waals surface area contributed by atoms with E-state index in [0.29, 0.717) is 17.7 Å². The summed E-state index contributed by atoms with van der Waals surface area (Å²) in [4.78, 5) is 15.8. The monoisotopic (exact) mass is 329 g/mol. The van der Waals surface area contributed by atoms with Gasteiger partial charge in [0.05, 0.1) is 7.11 Å². The third kappa shape index (κ3) is 3.72. The first kappa shape index (κ1) is 16.4. The van der Waals surface area contributed by atoms with Gasteiger partial charge in [-0.2, -0.15) is 4.80 Å². The molecule has 0 radical (unpaired) electrons. The van der Waals surface area contributed by atoms with E-state index in [1.54, 1.807) is 7.11 Å². The summed E-state index contributed by atoms with van der Waals surface area (Å²) in [6.07, 6.45) is 1.17. The van der Waals surface area contributed by atoms with Gasteiger partial charge >= 0.3 is 0 Å². The predicted molar refractivity (Wildman–Crippen MR) is 89.3 cm³/mol. The van der Waals surface area contributed by atoms with E-state index in [0.717, 1.165) is 24.4 Å². The van der Waals surface area contributed by atoms with Gasteiger partial charge in [0.2, 0.25) is 11.7 Å². The Morgan fingerprint density at radius 1 is 1.29 bits per heavy atom. The summed E-state index contributed by atoms with van der Waals surface area (Å²) >= 11 is 0. The van der Waals surface area contributed by atoms with Crippen LogP contribution in [-0.4, -0.2) is 51.2 Å². The Morgan fingerprint density at radius 3 is 2.75 bits per heavy atom. The zero-order valence-corrected chi connectivity index (χ0v) is 14.3. The molecule has 2 atom stereocenters. The van der Waals surface area contributed by atoms with Gasteiger partial charge in [-0.05, 0) is 35.6 Å². The number of methoxy groups -OCH3 is 1. The van der Waals surface area contributed by atoms with Crippen LogP contribution in [0.2, 0.25) is 0 Å². The molecule has 1 aliphatic heterocycles. The Kier molecular flexibility index (Phi) is 4.78. The van der Waals surface area contributed by atoms with Gasteiger partial charge in [-0.1, -0.05) is 26.0 Å². The number of aromatic nitrogens is 4. The highest BCUT2D eigenvalue weighted by Crippen LogP contribution is 2.22. The van der Waals surface area contributed by atoms with Crippen molar-refractivity contribution in [1.29, 1.82) is 0 Å². The largest absolute Gasteiger partial charge is 0.497 e. The zero-order valence-electron chi connectivity index (χ0n) is 14.3. The standard InChI is InChI=1S/C17H23N5O2/c1-12-7-13(2)10-21(9-12)16(23)11-22-19-17(18-20-22)14-5-4-6-15(8-14)24-3/h4-6,8,12-13H,7,9-11H2,1-3H3. The summed E-state index contributed by atoms with van der Waals surface area (Å²) in [5.74, 6) is 2.34. The molecule has 0 spiro atoms. The molecule has 2 aromatic rings. The minimum Gasteiger partial charge on any atom is -0.497 e. The third-order valence-electron chi connectivity index (χ3n) is 4.28. The molecule has 24 heavy (non-hydrogen) atoms. The lowest BCUT2D eigenvalue weighted by molar-refractivity contribution is -0.135. The molecule has 1 saturated heterocycles. The topological polar surface area (TPSA) is 73.1 Å². The molecule has 1 aliphatic rings. The van der Waals surface area contributed by atoms with Crippen LogP contribution in [0.25, 0.3) is 11.4 Å². The van der Waals surface area contributed by atoms with Gasteiger partial charge in [0, 0.05) is 18.7 Å². The average molecular weight is 329 g/mol. The average Bonchev–Trinajstić information content (AvgIpc) is 3.02. The highest BCUT2D eigenvalue weighted by Gasteiger charge is 2.25. The number of hydrogen-bond donors (Lipinski definition) is 0. The number of tetrazole rings is 1. The van der Waals surface area contributed by atoms with E-state index in [-0.39, 0.29) is 12.5 Å². The molecule has 1 aromatic carbocycles. The second kappa shape index (κ2) is 6.98. The Bertz CT molecular complexity index is 705. The Morgan fingerprint density at radius 2 is 2.04 bits per heavy atom. The van der Waals surface area contributed by atoms with Crippen LogP contribution in [0.1, 0.15) is 20.3 Å². The fourth-order valence-corrected chi connectivity index (χ4v) is 3.28. The fourth-order valence-electron chi connectivity index (χ4n) is 3.28. The highest BCUT2D eigenvalue weighted by molar-refractivity contribution is 5.76. The highest BCUT2D eigenvalue weighted by atomic mass is 16.5. The van der Waals surface area contributed by atoms with Gasteiger partial charge in [-0.3, -0.25) is 4.79 Å². The quantitative estimate of drug-likeness (QED) is 0.856. The summed E-state index contributed by atoms with van der Waals surface area (Å²) in [5, 5.41) is 12.4. The van der Waals surface area contributed by atoms with Crippen molar-refractivity contribution in [1.82, 2.24) is 25.1 Å². The predicted octanol–water partition coefficient (Wildman–Crippen LogP) is 1.85. The maximum Gasteiger partial charge on any atom is 0.246 e. The van der Waals surface area contributed by atoms with Crippen molar-refractivity contribution in [2.45, 2.75) is 26.8 Å². The van der Waals surface area contributed by atoms with Crippen LogP contribution < -0.4 is 4.74 Å². The first-order valence-electron chi connectivity index (χ1n) is 8.25. The van der Waals surface area contributed by atoms with Gasteiger partial charge < -0.3 is 9.64 Å². The molecule has 0 N–H and O–H groups in total. The summed E-state index contributed by atoms with van der Waals surface area (Å²) < 4.78 is 5.20. The van der Waals surface area contributed by atoms with Crippen molar-refractivity contribution >= 4 is 5.91 Å². The molecule has 1 amide bonds. The van der Waals surface area contributed by atoms with Crippen molar-refractivity contribution in [2.24, 2.45) is 11.8 Å². The van der Waals surface area contributed by atoms with Crippen LogP contribution in [-0.2, 0) is 11.3 Å². The number of likely N-dealkylation sites (tertiary alicyclic amines) is 1. The molecule has 7 heteroatoms. The molecule has 1 fully saturated rings. The number of nitrogens with zero attached hydrogens (tertiary/aromatic N) is 5. The van der Waals surface area contributed by atoms with E-state index in [9.17, 15) is 4.79 Å². The molecule has 0 saturated carbocycles. The maximum absolute atomic E-state index is 12.5. The SMILES string of the molecule is COc1cccc(-c2nnn(CC(=O)N3CC(C)CC(C)C3)n2)c1. The summed E-state index contributed by atoms with van der Waals surface area (Å²) in [5.41, 5.74) is 0.813. The summed E-state index contributed by atoms with van der Waals surface area (Å²) in [6.45, 7) is 6.10. The van der Waals surface area contributed by atoms with Gasteiger partial charge in [0.15, 0.2) is 0 Å². The molecule has 2 unspecified atom stereocenters. The minimum absolute atomic E-state index is 0.0444. The number of carbonyl (C=O) groups is 1. The fraction of sp³-hybridized carbons (Fsp3) is 0.529. The van der Waals surface area contributed by atoms with E-state index >= 15 is 0 Å². The van der Waals surface area contributed by atoms with Crippen LogP contribution in [0.4, 0.5) is 0 Å². The van der Waals surface area contributed by atoms with E-state index in [4.69, 9.17) is 4.74 Å². The minimum atomic E-state index is 0.0444. The normalized spacial score (nSPS) is 20.9. The Balaban J connectivity index is 1.68. The molecule has 1 aromatic heterocycles. The maximum atomic E-state index is 12.5. The summed E-state index contributed by atoms with van der Waals surface area (Å²) in [7, 11) is 1.61. The molecule has 0 aliphatic carbocycles. The molecule has 2 heterocycles. The second-order valence-corrected chi connectivity index (χ2v) is 6.62. The van der Waals surface area contributed by atoms with Crippen LogP contribution in [0.15, 0.2) is 24.3 Å². The third-order valence-corrected chi connectivity index (χ3v) is 4.28. The van der Waals surface area contributed by atoms with Crippen molar-refractivity contribution in [2.75, 3.05) is 20.2 Å². The van der Waals surface area contributed by atoms with E-state index < -0.39 is 0 Å². The lowest BCUT2D eigenvalue weighted by atomic mass is 9.92. The van der Waals surface area contributed by atoms with E-state index in [2.05, 4.69) is 29.3 Å². The number of carbonyl (C=O) groups excluding carboxylic acids is 1. The number of hydrogen-bond acceptors (Lipinski definition) is 5. The number of rotatable bonds is 4. The lowest BCUT2D eigenvalue weighted by Gasteiger charge is -2.34. The lowest BCUT2D eigenvalue weighted by Crippen LogP contribution is -2.44. The molecule has 0 bridgehead atoms. The van der Waals surface area contributed by atoms with Crippen LogP contribution in [0.5, 0.6) is 5.75 Å². The van der Waals surface area contributed by atoms with E-state index in [1.807, 2.05) is 29.2 Å². The number of benzene rings is 1. The van der Waals surface area contributed by atoms with Gasteiger partial charge in [-0.15, -0.1) is 10.2 Å². The van der Waals surface area contributed by atoms with Crippen LogP contribution >= 0.6 is 0 Å². The molecular formula is C17H23N5O2. The first-order valence-corrected chi connectivity index (χ1v) is 8.25. The van der Waals surface area contributed by atoms with E-state index in [1.165, 1.54) is 11.2 Å². The Labute approximate surface area is 141 Å². The number of ether oxygens (including phenoxy) is 1. The Hall–Kier alpha value is -2.44. The first-order chi connectivity index (χ1) is 11.5. The number of piperidine rings is 1. The molecule has 7 nitrogen and oxygen atoms in total. The second-order valence-electron chi connectivity index (χ2n) is 6.62. The van der Waals surface area contributed by atoms with Gasteiger partial charge in [-0.25, -0.2) is 0 Å². The van der Waals surface area contributed by atoms with Crippen molar-refractivity contribution in [3.63, 3.8) is 0 Å². The zero-order chi connectivity index (χ0) is 17.1. The van der Waals surface area contributed by atoms with Crippen LogP contribution in [0.3, 0.4) is 0 Å². The van der Waals surface area contributed by atoms with Crippen molar-refractivity contribution < 1.29 is 9.53 Å². The molecule has 128 valence electrons. The van der Waals surface area contributed by atoms with Crippen molar-refractivity contribution in [3.8, 4) is 17.1 Å². The van der Waals surface area contributed by atoms with Crippen LogP contribution in [0, 0.1) is 11.8 Å². The summed E-state index contributed by atoms with van der Waals surface area (Å²) in [6, 6.07) is 7.46. The molecular weight excluding hydrogens is 306 g/mol. The smallest absolute Gasteiger partial charge is 0.246 e. The molecule has 3 rings (SSSR count). The van der Waals surface area contributed by atoms with Gasteiger partial charge in [0.1, 0.15) is 12.3 Å². The van der Waals surface area contributed by atoms with Gasteiger partial charge in [0.25, 0.3) is 0 Å². The van der Waals surface area contributed by atoms with Crippen molar-refractivity contribution in [3.05, 3.63) is 24.3 Å². The number of amides is 1.